The highest BCUT2D eigenvalue weighted by atomic mass is 32.2. The van der Waals surface area contributed by atoms with Crippen molar-refractivity contribution in [2.45, 2.75) is 25.7 Å². The number of hydrogen-bond donors (Lipinski definition) is 1. The molecule has 0 spiro atoms. The van der Waals surface area contributed by atoms with Gasteiger partial charge in [-0.25, -0.2) is 13.2 Å². The Balaban J connectivity index is 1.86. The molecule has 0 heterocycles. The molecule has 1 N–H and O–H groups in total. The first-order valence-corrected chi connectivity index (χ1v) is 11.9. The molecule has 0 saturated heterocycles. The molecule has 33 heavy (non-hydrogen) atoms. The maximum Gasteiger partial charge on any atom is 0.338 e. The molecule has 3 aromatic rings. The number of aryl methyl sites for hydroxylation is 2. The maximum absolute atomic E-state index is 13.5. The highest BCUT2D eigenvalue weighted by molar-refractivity contribution is 7.92. The summed E-state index contributed by atoms with van der Waals surface area (Å²) in [6.07, 6.45) is 0. The van der Waals surface area contributed by atoms with Gasteiger partial charge in [0.2, 0.25) is 5.91 Å². The summed E-state index contributed by atoms with van der Waals surface area (Å²) < 4.78 is 33.0. The van der Waals surface area contributed by atoms with E-state index < -0.39 is 28.4 Å². The van der Waals surface area contributed by atoms with Gasteiger partial charge in [-0.05, 0) is 68.8 Å². The first-order chi connectivity index (χ1) is 15.7. The highest BCUT2D eigenvalue weighted by Crippen LogP contribution is 2.27. The number of para-hydroxylation sites is 1. The maximum atomic E-state index is 13.5. The molecular weight excluding hydrogens is 440 g/mol. The molecule has 0 aromatic heterocycles. The molecule has 0 saturated carbocycles. The van der Waals surface area contributed by atoms with Crippen molar-refractivity contribution < 1.29 is 22.7 Å². The van der Waals surface area contributed by atoms with Crippen molar-refractivity contribution >= 4 is 33.3 Å². The van der Waals surface area contributed by atoms with Crippen LogP contribution in [0.1, 0.15) is 28.4 Å². The average molecular weight is 467 g/mol. The monoisotopic (exact) mass is 466 g/mol. The van der Waals surface area contributed by atoms with Crippen LogP contribution in [-0.2, 0) is 19.6 Å². The van der Waals surface area contributed by atoms with Crippen molar-refractivity contribution in [3.63, 3.8) is 0 Å². The molecule has 1 amide bonds. The molecule has 8 heteroatoms. The zero-order chi connectivity index (χ0) is 24.0. The van der Waals surface area contributed by atoms with E-state index in [0.717, 1.165) is 15.4 Å². The number of amides is 1. The molecule has 3 rings (SSSR count). The normalized spacial score (nSPS) is 11.0. The first-order valence-electron chi connectivity index (χ1n) is 10.4. The Hall–Kier alpha value is -3.65. The molecule has 0 unspecified atom stereocenters. The van der Waals surface area contributed by atoms with E-state index in [2.05, 4.69) is 5.32 Å². The predicted molar refractivity (Wildman–Crippen MR) is 128 cm³/mol. The van der Waals surface area contributed by atoms with Gasteiger partial charge in [-0.15, -0.1) is 0 Å². The van der Waals surface area contributed by atoms with Crippen molar-refractivity contribution in [2.24, 2.45) is 0 Å². The van der Waals surface area contributed by atoms with Gasteiger partial charge in [-0.1, -0.05) is 35.9 Å². The van der Waals surface area contributed by atoms with Crippen molar-refractivity contribution in [3.8, 4) is 0 Å². The zero-order valence-electron chi connectivity index (χ0n) is 18.7. The third kappa shape index (κ3) is 5.78. The SMILES string of the molecule is CCOC(=O)c1ccc(NC(=O)CN(c2ccccc2C)S(=O)(=O)c2ccc(C)cc2)cc1. The van der Waals surface area contributed by atoms with Crippen LogP contribution in [0.3, 0.4) is 0 Å². The highest BCUT2D eigenvalue weighted by Gasteiger charge is 2.28. The third-order valence-electron chi connectivity index (χ3n) is 4.96. The van der Waals surface area contributed by atoms with E-state index >= 15 is 0 Å². The van der Waals surface area contributed by atoms with Crippen LogP contribution in [0.2, 0.25) is 0 Å². The van der Waals surface area contributed by atoms with E-state index in [1.807, 2.05) is 6.92 Å². The van der Waals surface area contributed by atoms with Crippen molar-refractivity contribution in [1.82, 2.24) is 0 Å². The number of carbonyl (C=O) groups is 2. The van der Waals surface area contributed by atoms with Gasteiger partial charge >= 0.3 is 5.97 Å². The quantitative estimate of drug-likeness (QED) is 0.499. The Morgan fingerprint density at radius 1 is 0.909 bits per heavy atom. The van der Waals surface area contributed by atoms with Gasteiger partial charge in [0.05, 0.1) is 22.8 Å². The number of sulfonamides is 1. The summed E-state index contributed by atoms with van der Waals surface area (Å²) in [6, 6.07) is 19.7. The van der Waals surface area contributed by atoms with E-state index in [4.69, 9.17) is 4.74 Å². The van der Waals surface area contributed by atoms with Gasteiger partial charge in [-0.3, -0.25) is 9.10 Å². The number of nitrogens with zero attached hydrogens (tertiary/aromatic N) is 1. The molecule has 172 valence electrons. The largest absolute Gasteiger partial charge is 0.462 e. The number of anilines is 2. The Kier molecular flexibility index (Phi) is 7.50. The molecule has 0 radical (unpaired) electrons. The second-order valence-corrected chi connectivity index (χ2v) is 9.32. The topological polar surface area (TPSA) is 92.8 Å². The van der Waals surface area contributed by atoms with Crippen molar-refractivity contribution in [3.05, 3.63) is 89.5 Å². The summed E-state index contributed by atoms with van der Waals surface area (Å²) in [5, 5.41) is 2.70. The molecule has 7 nitrogen and oxygen atoms in total. The lowest BCUT2D eigenvalue weighted by molar-refractivity contribution is -0.114. The van der Waals surface area contributed by atoms with E-state index in [0.29, 0.717) is 16.9 Å². The van der Waals surface area contributed by atoms with Gasteiger partial charge in [0.1, 0.15) is 6.54 Å². The second kappa shape index (κ2) is 10.3. The molecule has 0 atom stereocenters. The number of nitrogens with one attached hydrogen (secondary N) is 1. The number of esters is 1. The smallest absolute Gasteiger partial charge is 0.338 e. The molecule has 0 aliphatic rings. The molecule has 0 aliphatic carbocycles. The second-order valence-electron chi connectivity index (χ2n) is 7.46. The summed E-state index contributed by atoms with van der Waals surface area (Å²) in [7, 11) is -3.99. The Labute approximate surface area is 194 Å². The standard InChI is InChI=1S/C25H26N2O5S/c1-4-32-25(29)20-11-13-21(14-12-20)26-24(28)17-27(23-8-6-5-7-19(23)3)33(30,31)22-15-9-18(2)10-16-22/h5-16H,4,17H2,1-3H3,(H,26,28). The van der Waals surface area contributed by atoms with Crippen molar-refractivity contribution in [1.29, 1.82) is 0 Å². The van der Waals surface area contributed by atoms with Crippen LogP contribution in [0.4, 0.5) is 11.4 Å². The molecule has 0 bridgehead atoms. The van der Waals surface area contributed by atoms with Gasteiger partial charge in [0.15, 0.2) is 0 Å². The Bertz CT molecular complexity index is 1240. The minimum Gasteiger partial charge on any atom is -0.462 e. The Morgan fingerprint density at radius 3 is 2.15 bits per heavy atom. The average Bonchev–Trinajstić information content (AvgIpc) is 2.79. The zero-order valence-corrected chi connectivity index (χ0v) is 19.6. The fraction of sp³-hybridized carbons (Fsp3) is 0.200. The van der Waals surface area contributed by atoms with Crippen LogP contribution in [0.15, 0.2) is 77.7 Å². The number of ether oxygens (including phenoxy) is 1. The van der Waals surface area contributed by atoms with Crippen molar-refractivity contribution in [2.75, 3.05) is 22.8 Å². The minimum absolute atomic E-state index is 0.0999. The fourth-order valence-corrected chi connectivity index (χ4v) is 4.70. The fourth-order valence-electron chi connectivity index (χ4n) is 3.22. The summed E-state index contributed by atoms with van der Waals surface area (Å²) in [5.41, 5.74) is 2.87. The summed E-state index contributed by atoms with van der Waals surface area (Å²) in [5.74, 6) is -0.969. The first kappa shape index (κ1) is 24.0. The lowest BCUT2D eigenvalue weighted by atomic mass is 10.2. The number of benzene rings is 3. The van der Waals surface area contributed by atoms with Crippen LogP contribution in [0.5, 0.6) is 0 Å². The molecular formula is C25H26N2O5S. The van der Waals surface area contributed by atoms with E-state index in [9.17, 15) is 18.0 Å². The van der Waals surface area contributed by atoms with Crippen LogP contribution in [0, 0.1) is 13.8 Å². The van der Waals surface area contributed by atoms with E-state index in [-0.39, 0.29) is 11.5 Å². The number of hydrogen-bond acceptors (Lipinski definition) is 5. The Morgan fingerprint density at radius 2 is 1.55 bits per heavy atom. The van der Waals surface area contributed by atoms with Crippen LogP contribution in [0.25, 0.3) is 0 Å². The van der Waals surface area contributed by atoms with Gasteiger partial charge < -0.3 is 10.1 Å². The molecule has 3 aromatic carbocycles. The van der Waals surface area contributed by atoms with Gasteiger partial charge in [0.25, 0.3) is 10.0 Å². The van der Waals surface area contributed by atoms with Gasteiger partial charge in [0, 0.05) is 5.69 Å². The third-order valence-corrected chi connectivity index (χ3v) is 6.73. The summed E-state index contributed by atoms with van der Waals surface area (Å²) in [4.78, 5) is 24.7. The van der Waals surface area contributed by atoms with E-state index in [1.54, 1.807) is 62.4 Å². The number of carbonyl (C=O) groups excluding carboxylic acids is 2. The van der Waals surface area contributed by atoms with Crippen LogP contribution < -0.4 is 9.62 Å². The minimum atomic E-state index is -3.99. The van der Waals surface area contributed by atoms with Gasteiger partial charge in [-0.2, -0.15) is 0 Å². The summed E-state index contributed by atoms with van der Waals surface area (Å²) in [6.45, 7) is 5.23. The van der Waals surface area contributed by atoms with E-state index in [1.165, 1.54) is 24.3 Å². The summed E-state index contributed by atoms with van der Waals surface area (Å²) >= 11 is 0. The lowest BCUT2D eigenvalue weighted by Gasteiger charge is -2.25. The molecule has 0 aliphatic heterocycles. The molecule has 0 fully saturated rings. The lowest BCUT2D eigenvalue weighted by Crippen LogP contribution is -2.38. The van der Waals surface area contributed by atoms with Crippen LogP contribution in [-0.4, -0.2) is 33.4 Å². The van der Waals surface area contributed by atoms with Crippen LogP contribution >= 0.6 is 0 Å². The number of rotatable bonds is 8. The predicted octanol–water partition coefficient (Wildman–Crippen LogP) is 4.31.